The van der Waals surface area contributed by atoms with Gasteiger partial charge in [0.25, 0.3) is 5.91 Å². The molecule has 0 aromatic carbocycles. The van der Waals surface area contributed by atoms with Gasteiger partial charge in [0.05, 0.1) is 17.7 Å². The molecule has 19 heavy (non-hydrogen) atoms. The fourth-order valence-corrected chi connectivity index (χ4v) is 2.51. The summed E-state index contributed by atoms with van der Waals surface area (Å²) >= 11 is 0. The van der Waals surface area contributed by atoms with Gasteiger partial charge in [-0.05, 0) is 19.3 Å². The number of aromatic nitrogens is 2. The van der Waals surface area contributed by atoms with Gasteiger partial charge in [-0.15, -0.1) is 0 Å². The third-order valence-corrected chi connectivity index (χ3v) is 3.50. The van der Waals surface area contributed by atoms with Gasteiger partial charge in [-0.1, -0.05) is 13.3 Å². The molecule has 0 radical (unpaired) electrons. The number of carbonyl (C=O) groups excluding carboxylic acids is 1. The molecule has 0 bridgehead atoms. The summed E-state index contributed by atoms with van der Waals surface area (Å²) < 4.78 is 1.72. The maximum atomic E-state index is 12.0. The highest BCUT2D eigenvalue weighted by atomic mass is 16.4. The lowest BCUT2D eigenvalue weighted by atomic mass is 10.0. The van der Waals surface area contributed by atoms with E-state index in [1.165, 1.54) is 6.20 Å². The van der Waals surface area contributed by atoms with Crippen molar-refractivity contribution in [1.29, 1.82) is 0 Å². The Morgan fingerprint density at radius 2 is 2.32 bits per heavy atom. The predicted octanol–water partition coefficient (Wildman–Crippen LogP) is 1.28. The van der Waals surface area contributed by atoms with Gasteiger partial charge >= 0.3 is 5.97 Å². The van der Waals surface area contributed by atoms with E-state index in [2.05, 4.69) is 10.4 Å². The number of aliphatic carboxylic acids is 1. The lowest BCUT2D eigenvalue weighted by Gasteiger charge is -2.16. The Kier molecular flexibility index (Phi) is 4.19. The average molecular weight is 265 g/mol. The van der Waals surface area contributed by atoms with Crippen molar-refractivity contribution in [2.75, 3.05) is 0 Å². The molecule has 2 rings (SSSR count). The SMILES string of the molecule is CCCn1cc(C(=O)N[C@@H]2CCC[C@@H]2C(=O)O)cn1. The molecule has 6 heteroatoms. The molecule has 0 aliphatic heterocycles. The van der Waals surface area contributed by atoms with E-state index in [0.717, 1.165) is 25.8 Å². The Labute approximate surface area is 111 Å². The summed E-state index contributed by atoms with van der Waals surface area (Å²) in [5.41, 5.74) is 0.490. The van der Waals surface area contributed by atoms with Crippen molar-refractivity contribution < 1.29 is 14.7 Å². The van der Waals surface area contributed by atoms with Crippen molar-refractivity contribution in [3.63, 3.8) is 0 Å². The Morgan fingerprint density at radius 1 is 1.53 bits per heavy atom. The lowest BCUT2D eigenvalue weighted by molar-refractivity contribution is -0.142. The molecule has 1 aliphatic carbocycles. The van der Waals surface area contributed by atoms with Crippen molar-refractivity contribution in [3.05, 3.63) is 18.0 Å². The Morgan fingerprint density at radius 3 is 3.00 bits per heavy atom. The highest BCUT2D eigenvalue weighted by Crippen LogP contribution is 2.26. The zero-order valence-electron chi connectivity index (χ0n) is 11.0. The molecule has 1 saturated carbocycles. The Hall–Kier alpha value is -1.85. The van der Waals surface area contributed by atoms with Crippen molar-refractivity contribution in [2.24, 2.45) is 5.92 Å². The summed E-state index contributed by atoms with van der Waals surface area (Å²) in [5, 5.41) is 16.0. The van der Waals surface area contributed by atoms with Crippen LogP contribution in [0.2, 0.25) is 0 Å². The molecule has 0 unspecified atom stereocenters. The van der Waals surface area contributed by atoms with Crippen LogP contribution in [0.25, 0.3) is 0 Å². The summed E-state index contributed by atoms with van der Waals surface area (Å²) in [6.07, 6.45) is 6.38. The smallest absolute Gasteiger partial charge is 0.308 e. The number of aryl methyl sites for hydroxylation is 1. The molecule has 104 valence electrons. The minimum absolute atomic E-state index is 0.236. The maximum Gasteiger partial charge on any atom is 0.308 e. The third kappa shape index (κ3) is 3.13. The molecule has 2 atom stereocenters. The van der Waals surface area contributed by atoms with Crippen LogP contribution in [-0.2, 0) is 11.3 Å². The number of hydrogen-bond acceptors (Lipinski definition) is 3. The quantitative estimate of drug-likeness (QED) is 0.839. The number of rotatable bonds is 5. The second-order valence-electron chi connectivity index (χ2n) is 4.95. The second kappa shape index (κ2) is 5.86. The van der Waals surface area contributed by atoms with E-state index in [1.54, 1.807) is 10.9 Å². The van der Waals surface area contributed by atoms with Crippen LogP contribution < -0.4 is 5.32 Å². The van der Waals surface area contributed by atoms with Crippen LogP contribution in [0.3, 0.4) is 0 Å². The highest BCUT2D eigenvalue weighted by molar-refractivity contribution is 5.94. The van der Waals surface area contributed by atoms with Crippen LogP contribution in [0, 0.1) is 5.92 Å². The molecule has 6 nitrogen and oxygen atoms in total. The first-order valence-corrected chi connectivity index (χ1v) is 6.68. The first-order chi connectivity index (χ1) is 9.11. The summed E-state index contributed by atoms with van der Waals surface area (Å²) in [7, 11) is 0. The minimum atomic E-state index is -0.829. The molecule has 0 spiro atoms. The molecule has 1 aliphatic rings. The molecule has 2 N–H and O–H groups in total. The monoisotopic (exact) mass is 265 g/mol. The fourth-order valence-electron chi connectivity index (χ4n) is 2.51. The van der Waals surface area contributed by atoms with Crippen molar-refractivity contribution in [3.8, 4) is 0 Å². The number of amides is 1. The van der Waals surface area contributed by atoms with Gasteiger partial charge in [0, 0.05) is 18.8 Å². The standard InChI is InChI=1S/C13H19N3O3/c1-2-6-16-8-9(7-14-16)12(17)15-11-5-3-4-10(11)13(18)19/h7-8,10-11H,2-6H2,1H3,(H,15,17)(H,18,19)/t10-,11+/m0/s1. The largest absolute Gasteiger partial charge is 0.481 e. The Balaban J connectivity index is 1.98. The van der Waals surface area contributed by atoms with Gasteiger partial charge in [-0.2, -0.15) is 5.10 Å². The molecular formula is C13H19N3O3. The highest BCUT2D eigenvalue weighted by Gasteiger charge is 2.34. The van der Waals surface area contributed by atoms with Crippen molar-refractivity contribution in [1.82, 2.24) is 15.1 Å². The zero-order valence-corrected chi connectivity index (χ0v) is 11.0. The van der Waals surface area contributed by atoms with Crippen molar-refractivity contribution >= 4 is 11.9 Å². The third-order valence-electron chi connectivity index (χ3n) is 3.50. The molecule has 0 saturated heterocycles. The molecule has 1 aromatic heterocycles. The molecule has 1 fully saturated rings. The lowest BCUT2D eigenvalue weighted by Crippen LogP contribution is -2.40. The number of carbonyl (C=O) groups is 2. The summed E-state index contributed by atoms with van der Waals surface area (Å²) in [6.45, 7) is 2.81. The Bertz CT molecular complexity index is 469. The van der Waals surface area contributed by atoms with E-state index in [0.29, 0.717) is 12.0 Å². The van der Waals surface area contributed by atoms with E-state index in [1.807, 2.05) is 6.92 Å². The van der Waals surface area contributed by atoms with E-state index in [9.17, 15) is 9.59 Å². The summed E-state index contributed by atoms with van der Waals surface area (Å²) in [6, 6.07) is -0.264. The number of nitrogens with zero attached hydrogens (tertiary/aromatic N) is 2. The van der Waals surface area contributed by atoms with E-state index in [-0.39, 0.29) is 11.9 Å². The molecule has 1 amide bonds. The van der Waals surface area contributed by atoms with Crippen molar-refractivity contribution in [2.45, 2.75) is 45.2 Å². The van der Waals surface area contributed by atoms with E-state index >= 15 is 0 Å². The molecule has 1 aromatic rings. The zero-order chi connectivity index (χ0) is 13.8. The summed E-state index contributed by atoms with van der Waals surface area (Å²) in [5.74, 6) is -1.53. The van der Waals surface area contributed by atoms with Crippen LogP contribution in [0.5, 0.6) is 0 Å². The average Bonchev–Trinajstić information content (AvgIpc) is 2.98. The van der Waals surface area contributed by atoms with E-state index < -0.39 is 11.9 Å². The molecule has 1 heterocycles. The van der Waals surface area contributed by atoms with Crippen LogP contribution in [0.4, 0.5) is 0 Å². The van der Waals surface area contributed by atoms with Crippen LogP contribution >= 0.6 is 0 Å². The number of nitrogens with one attached hydrogen (secondary N) is 1. The second-order valence-corrected chi connectivity index (χ2v) is 4.95. The van der Waals surface area contributed by atoms with Gasteiger partial charge in [-0.3, -0.25) is 14.3 Å². The maximum absolute atomic E-state index is 12.0. The van der Waals surface area contributed by atoms with Gasteiger partial charge in [0.15, 0.2) is 0 Å². The topological polar surface area (TPSA) is 84.2 Å². The minimum Gasteiger partial charge on any atom is -0.481 e. The van der Waals surface area contributed by atoms with Crippen LogP contribution in [0.15, 0.2) is 12.4 Å². The first kappa shape index (κ1) is 13.6. The normalized spacial score (nSPS) is 22.4. The number of carboxylic acid groups (broad SMARTS) is 1. The van der Waals surface area contributed by atoms with Crippen LogP contribution in [-0.4, -0.2) is 32.8 Å². The number of carboxylic acids is 1. The van der Waals surface area contributed by atoms with Crippen LogP contribution in [0.1, 0.15) is 43.0 Å². The van der Waals surface area contributed by atoms with E-state index in [4.69, 9.17) is 5.11 Å². The first-order valence-electron chi connectivity index (χ1n) is 6.68. The van der Waals surface area contributed by atoms with Gasteiger partial charge in [-0.25, -0.2) is 0 Å². The summed E-state index contributed by atoms with van der Waals surface area (Å²) in [4.78, 5) is 23.1. The fraction of sp³-hybridized carbons (Fsp3) is 0.615. The number of hydrogen-bond donors (Lipinski definition) is 2. The predicted molar refractivity (Wildman–Crippen MR) is 68.7 cm³/mol. The molecular weight excluding hydrogens is 246 g/mol. The van der Waals surface area contributed by atoms with Gasteiger partial charge in [0.1, 0.15) is 0 Å². The van der Waals surface area contributed by atoms with Gasteiger partial charge in [0.2, 0.25) is 0 Å². The van der Waals surface area contributed by atoms with Gasteiger partial charge < -0.3 is 10.4 Å².